The topological polar surface area (TPSA) is 99.7 Å². The quantitative estimate of drug-likeness (QED) is 0.254. The first-order valence-electron chi connectivity index (χ1n) is 14.3. The molecular weight excluding hydrogens is 526 g/mol. The van der Waals surface area contributed by atoms with Gasteiger partial charge in [0.1, 0.15) is 12.6 Å². The normalized spacial score (nSPS) is 16.1. The molecule has 0 radical (unpaired) electrons. The van der Waals surface area contributed by atoms with Gasteiger partial charge in [-0.05, 0) is 68.3 Å². The summed E-state index contributed by atoms with van der Waals surface area (Å²) >= 11 is 0. The Bertz CT molecular complexity index is 1940. The Kier molecular flexibility index (Phi) is 6.71. The molecule has 1 aliphatic rings. The fraction of sp³-hybridized carbons (Fsp3) is 0.242. The maximum absolute atomic E-state index is 14.4. The molecule has 0 aliphatic carbocycles. The van der Waals surface area contributed by atoms with Crippen molar-refractivity contribution in [2.75, 3.05) is 11.9 Å². The van der Waals surface area contributed by atoms with E-state index in [0.717, 1.165) is 65.1 Å². The summed E-state index contributed by atoms with van der Waals surface area (Å²) < 4.78 is 9.77. The Morgan fingerprint density at radius 3 is 2.64 bits per heavy atom. The van der Waals surface area contributed by atoms with Crippen LogP contribution in [0.3, 0.4) is 0 Å². The summed E-state index contributed by atoms with van der Waals surface area (Å²) in [4.78, 5) is 32.6. The van der Waals surface area contributed by atoms with Crippen molar-refractivity contribution in [2.45, 2.75) is 45.4 Å². The largest absolute Gasteiger partial charge is 0.360 e. The minimum absolute atomic E-state index is 0.0782. The molecule has 9 nitrogen and oxygen atoms in total. The van der Waals surface area contributed by atoms with Crippen LogP contribution in [0.4, 0.5) is 5.82 Å². The second kappa shape index (κ2) is 10.8. The van der Waals surface area contributed by atoms with Crippen molar-refractivity contribution >= 4 is 27.8 Å². The van der Waals surface area contributed by atoms with Crippen molar-refractivity contribution in [3.05, 3.63) is 107 Å². The lowest BCUT2D eigenvalue weighted by Crippen LogP contribution is -2.26. The summed E-state index contributed by atoms with van der Waals surface area (Å²) in [6, 6.07) is 21.5. The van der Waals surface area contributed by atoms with Gasteiger partial charge in [-0.25, -0.2) is 15.0 Å². The number of rotatable bonds is 6. The van der Waals surface area contributed by atoms with E-state index in [2.05, 4.69) is 31.3 Å². The average Bonchev–Trinajstić information content (AvgIpc) is 3.47. The van der Waals surface area contributed by atoms with E-state index in [0.29, 0.717) is 16.7 Å². The predicted molar refractivity (Wildman–Crippen MR) is 164 cm³/mol. The molecule has 0 bridgehead atoms. The molecule has 1 N–H and O–H groups in total. The monoisotopic (exact) mass is 557 g/mol. The van der Waals surface area contributed by atoms with Gasteiger partial charge in [0.25, 0.3) is 5.56 Å². The van der Waals surface area contributed by atoms with Crippen LogP contribution in [0.2, 0.25) is 0 Å². The molecule has 0 amide bonds. The van der Waals surface area contributed by atoms with Crippen LogP contribution < -0.4 is 10.9 Å². The van der Waals surface area contributed by atoms with E-state index in [4.69, 9.17) is 4.74 Å². The van der Waals surface area contributed by atoms with Crippen molar-refractivity contribution in [3.63, 3.8) is 0 Å². The van der Waals surface area contributed by atoms with Crippen LogP contribution in [-0.2, 0) is 4.74 Å². The molecule has 1 fully saturated rings. The van der Waals surface area contributed by atoms with Gasteiger partial charge in [-0.2, -0.15) is 0 Å². The van der Waals surface area contributed by atoms with Crippen molar-refractivity contribution in [2.24, 2.45) is 0 Å². The second-order valence-electron chi connectivity index (χ2n) is 10.7. The van der Waals surface area contributed by atoms with Gasteiger partial charge in [-0.1, -0.05) is 42.5 Å². The average molecular weight is 558 g/mol. The van der Waals surface area contributed by atoms with Gasteiger partial charge in [0.05, 0.1) is 17.8 Å². The number of fused-ring (bicyclic) bond motifs is 2. The smallest absolute Gasteiger partial charge is 0.263 e. The van der Waals surface area contributed by atoms with Crippen LogP contribution in [0.1, 0.15) is 49.8 Å². The van der Waals surface area contributed by atoms with E-state index >= 15 is 0 Å². The zero-order chi connectivity index (χ0) is 28.6. The molecule has 1 unspecified atom stereocenters. The first kappa shape index (κ1) is 26.0. The summed E-state index contributed by atoms with van der Waals surface area (Å²) in [5, 5.41) is 5.05. The van der Waals surface area contributed by atoms with E-state index in [1.165, 1.54) is 0 Å². The van der Waals surface area contributed by atoms with E-state index in [9.17, 15) is 4.79 Å². The lowest BCUT2D eigenvalue weighted by Gasteiger charge is -2.24. The Morgan fingerprint density at radius 1 is 0.976 bits per heavy atom. The SMILES string of the molecule is Cc1ccc(-c2cccc3cc([C@H](C)Nc4ncnc5c4ncn5C4CCCCO4)n(-c4ccccc4)c(=O)c23)cn1. The number of para-hydroxylation sites is 1. The third-order valence-corrected chi connectivity index (χ3v) is 7.93. The number of nitrogens with zero attached hydrogens (tertiary/aromatic N) is 6. The summed E-state index contributed by atoms with van der Waals surface area (Å²) in [5.74, 6) is 0.605. The van der Waals surface area contributed by atoms with Crippen LogP contribution in [0, 0.1) is 6.92 Å². The highest BCUT2D eigenvalue weighted by molar-refractivity contribution is 5.96. The fourth-order valence-electron chi connectivity index (χ4n) is 5.80. The van der Waals surface area contributed by atoms with Gasteiger partial charge < -0.3 is 10.1 Å². The predicted octanol–water partition coefficient (Wildman–Crippen LogP) is 6.37. The molecule has 6 aromatic rings. The number of hydrogen-bond acceptors (Lipinski definition) is 7. The molecular formula is C33H31N7O2. The molecule has 4 aromatic heterocycles. The number of aryl methyl sites for hydroxylation is 1. The van der Waals surface area contributed by atoms with Crippen LogP contribution in [-0.4, -0.2) is 35.7 Å². The molecule has 7 rings (SSSR count). The van der Waals surface area contributed by atoms with Gasteiger partial charge in [-0.3, -0.25) is 18.9 Å². The number of hydrogen-bond donors (Lipinski definition) is 1. The van der Waals surface area contributed by atoms with Crippen LogP contribution in [0.5, 0.6) is 0 Å². The molecule has 210 valence electrons. The minimum Gasteiger partial charge on any atom is -0.360 e. The van der Waals surface area contributed by atoms with Gasteiger partial charge in [0.15, 0.2) is 17.0 Å². The molecule has 42 heavy (non-hydrogen) atoms. The molecule has 0 saturated carbocycles. The third kappa shape index (κ3) is 4.61. The Labute approximate surface area is 242 Å². The van der Waals surface area contributed by atoms with E-state index < -0.39 is 0 Å². The zero-order valence-electron chi connectivity index (χ0n) is 23.6. The van der Waals surface area contributed by atoms with Crippen LogP contribution in [0.15, 0.2) is 90.4 Å². The zero-order valence-corrected chi connectivity index (χ0v) is 23.6. The molecule has 0 spiro atoms. The fourth-order valence-corrected chi connectivity index (χ4v) is 5.80. The van der Waals surface area contributed by atoms with Gasteiger partial charge >= 0.3 is 0 Å². The van der Waals surface area contributed by atoms with Gasteiger partial charge in [-0.15, -0.1) is 0 Å². The number of benzene rings is 2. The highest BCUT2D eigenvalue weighted by Gasteiger charge is 2.23. The lowest BCUT2D eigenvalue weighted by atomic mass is 9.98. The van der Waals surface area contributed by atoms with E-state index in [1.54, 1.807) is 17.2 Å². The van der Waals surface area contributed by atoms with Crippen LogP contribution in [0.25, 0.3) is 38.8 Å². The maximum atomic E-state index is 14.4. The number of imidazole rings is 1. The Hall–Kier alpha value is -4.89. The van der Waals surface area contributed by atoms with Crippen molar-refractivity contribution < 1.29 is 4.74 Å². The lowest BCUT2D eigenvalue weighted by molar-refractivity contribution is -0.0298. The van der Waals surface area contributed by atoms with Gasteiger partial charge in [0.2, 0.25) is 0 Å². The number of aromatic nitrogens is 6. The highest BCUT2D eigenvalue weighted by atomic mass is 16.5. The number of nitrogens with one attached hydrogen (secondary N) is 1. The Morgan fingerprint density at radius 2 is 1.86 bits per heavy atom. The van der Waals surface area contributed by atoms with Crippen LogP contribution >= 0.6 is 0 Å². The molecule has 9 heteroatoms. The number of anilines is 1. The van der Waals surface area contributed by atoms with Crippen molar-refractivity contribution in [1.82, 2.24) is 29.1 Å². The van der Waals surface area contributed by atoms with Gasteiger partial charge in [0, 0.05) is 35.4 Å². The summed E-state index contributed by atoms with van der Waals surface area (Å²) in [7, 11) is 0. The van der Waals surface area contributed by atoms with Crippen molar-refractivity contribution in [3.8, 4) is 16.8 Å². The first-order valence-corrected chi connectivity index (χ1v) is 14.3. The van der Waals surface area contributed by atoms with E-state index in [1.807, 2.05) is 85.3 Å². The molecule has 2 aromatic carbocycles. The third-order valence-electron chi connectivity index (χ3n) is 7.93. The molecule has 2 atom stereocenters. The molecule has 1 aliphatic heterocycles. The minimum atomic E-state index is -0.291. The highest BCUT2D eigenvalue weighted by Crippen LogP contribution is 2.32. The number of pyridine rings is 2. The number of ether oxygens (including phenoxy) is 1. The molecule has 1 saturated heterocycles. The second-order valence-corrected chi connectivity index (χ2v) is 10.7. The van der Waals surface area contributed by atoms with E-state index in [-0.39, 0.29) is 17.8 Å². The summed E-state index contributed by atoms with van der Waals surface area (Å²) in [6.07, 6.45) is 8.18. The Balaban J connectivity index is 1.35. The molecule has 5 heterocycles. The standard InChI is InChI=1S/C33H31N7O2/c1-21-14-15-24(18-34-21)26-12-8-9-23-17-27(40(33(41)29(23)26)25-10-4-3-5-11-25)22(2)38-31-30-32(36-19-35-31)39(20-37-30)28-13-6-7-16-42-28/h3-5,8-12,14-15,17-20,22,28H,6-7,13,16H2,1-2H3,(H,35,36,38)/t22-,28?/m0/s1. The summed E-state index contributed by atoms with van der Waals surface area (Å²) in [6.45, 7) is 4.72. The summed E-state index contributed by atoms with van der Waals surface area (Å²) in [5.41, 5.74) is 5.58. The van der Waals surface area contributed by atoms with Crippen molar-refractivity contribution in [1.29, 1.82) is 0 Å². The maximum Gasteiger partial charge on any atom is 0.263 e. The first-order chi connectivity index (χ1) is 20.6.